The molecule has 0 atom stereocenters. The third-order valence-corrected chi connectivity index (χ3v) is 3.66. The normalized spacial score (nSPS) is 11.1. The molecule has 2 aromatic rings. The van der Waals surface area contributed by atoms with E-state index in [9.17, 15) is 0 Å². The molecule has 90 valence electrons. The van der Waals surface area contributed by atoms with Crippen LogP contribution < -0.4 is 0 Å². The first kappa shape index (κ1) is 12.3. The van der Waals surface area contributed by atoms with Crippen molar-refractivity contribution in [2.45, 2.75) is 26.2 Å². The van der Waals surface area contributed by atoms with Gasteiger partial charge in [0, 0.05) is 24.0 Å². The van der Waals surface area contributed by atoms with Crippen molar-refractivity contribution in [2.75, 3.05) is 6.61 Å². The van der Waals surface area contributed by atoms with Gasteiger partial charge >= 0.3 is 0 Å². The summed E-state index contributed by atoms with van der Waals surface area (Å²) in [6, 6.07) is 8.55. The summed E-state index contributed by atoms with van der Waals surface area (Å²) >= 11 is 1.61. The maximum absolute atomic E-state index is 8.86. The molecule has 0 aliphatic carbocycles. The predicted octanol–water partition coefficient (Wildman–Crippen LogP) is 3.47. The third kappa shape index (κ3) is 2.93. The predicted molar refractivity (Wildman–Crippen MR) is 72.4 cm³/mol. The number of hydrogen-bond acceptors (Lipinski definition) is 3. The Morgan fingerprint density at radius 1 is 1.24 bits per heavy atom. The third-order valence-electron chi connectivity index (χ3n) is 2.75. The summed E-state index contributed by atoms with van der Waals surface area (Å²) in [5.41, 5.74) is 3.50. The van der Waals surface area contributed by atoms with Crippen molar-refractivity contribution in [3.8, 4) is 11.3 Å². The summed E-state index contributed by atoms with van der Waals surface area (Å²) in [6.45, 7) is 4.55. The second-order valence-electron chi connectivity index (χ2n) is 4.38. The van der Waals surface area contributed by atoms with Crippen LogP contribution in [-0.4, -0.2) is 16.7 Å². The molecule has 1 heterocycles. The van der Waals surface area contributed by atoms with Gasteiger partial charge in [-0.3, -0.25) is 0 Å². The summed E-state index contributed by atoms with van der Waals surface area (Å²) in [5, 5.41) is 11.9. The lowest BCUT2D eigenvalue weighted by molar-refractivity contribution is 0.299. The van der Waals surface area contributed by atoms with E-state index >= 15 is 0 Å². The Labute approximate surface area is 106 Å². The van der Waals surface area contributed by atoms with E-state index in [4.69, 9.17) is 5.11 Å². The topological polar surface area (TPSA) is 33.1 Å². The van der Waals surface area contributed by atoms with E-state index in [1.807, 2.05) is 0 Å². The van der Waals surface area contributed by atoms with Gasteiger partial charge in [0.25, 0.3) is 0 Å². The molecule has 0 amide bonds. The minimum atomic E-state index is 0.166. The minimum Gasteiger partial charge on any atom is -0.396 e. The van der Waals surface area contributed by atoms with E-state index in [0.29, 0.717) is 12.3 Å². The molecule has 0 unspecified atom stereocenters. The van der Waals surface area contributed by atoms with Gasteiger partial charge in [-0.2, -0.15) is 0 Å². The summed E-state index contributed by atoms with van der Waals surface area (Å²) in [7, 11) is 0. The average molecular weight is 247 g/mol. The lowest BCUT2D eigenvalue weighted by atomic mass is 10.0. The fourth-order valence-corrected chi connectivity index (χ4v) is 2.49. The standard InChI is InChI=1S/C14H17NOS/c1-10(2)11-3-5-12(6-4-11)13-9-17-14(15-13)7-8-16/h3-6,9-10,16H,7-8H2,1-2H3. The van der Waals surface area contributed by atoms with Crippen LogP contribution in [0.5, 0.6) is 0 Å². The van der Waals surface area contributed by atoms with Crippen LogP contribution in [0.15, 0.2) is 29.6 Å². The first-order valence-corrected chi connectivity index (χ1v) is 6.74. The molecule has 0 spiro atoms. The van der Waals surface area contributed by atoms with Crippen LogP contribution in [0.2, 0.25) is 0 Å². The molecule has 0 radical (unpaired) electrons. The Morgan fingerprint density at radius 3 is 2.53 bits per heavy atom. The number of benzene rings is 1. The Kier molecular flexibility index (Phi) is 3.92. The molecule has 1 aromatic heterocycles. The van der Waals surface area contributed by atoms with Gasteiger partial charge in [0.15, 0.2) is 0 Å². The summed E-state index contributed by atoms with van der Waals surface area (Å²) in [6.07, 6.45) is 0.648. The van der Waals surface area contributed by atoms with Crippen LogP contribution in [0.1, 0.15) is 30.3 Å². The van der Waals surface area contributed by atoms with Crippen molar-refractivity contribution in [3.63, 3.8) is 0 Å². The average Bonchev–Trinajstić information content (AvgIpc) is 2.78. The zero-order valence-electron chi connectivity index (χ0n) is 10.2. The molecular formula is C14H17NOS. The van der Waals surface area contributed by atoms with Gasteiger partial charge in [-0.05, 0) is 11.5 Å². The van der Waals surface area contributed by atoms with Gasteiger partial charge in [-0.25, -0.2) is 4.98 Å². The Balaban J connectivity index is 2.21. The maximum atomic E-state index is 8.86. The number of rotatable bonds is 4. The van der Waals surface area contributed by atoms with E-state index < -0.39 is 0 Å². The molecule has 17 heavy (non-hydrogen) atoms. The van der Waals surface area contributed by atoms with Gasteiger partial charge in [0.1, 0.15) is 0 Å². The minimum absolute atomic E-state index is 0.166. The molecule has 0 bridgehead atoms. The van der Waals surface area contributed by atoms with Gasteiger partial charge < -0.3 is 5.11 Å². The van der Waals surface area contributed by atoms with Crippen LogP contribution in [0.25, 0.3) is 11.3 Å². The largest absolute Gasteiger partial charge is 0.396 e. The van der Waals surface area contributed by atoms with Crippen LogP contribution in [0.4, 0.5) is 0 Å². The van der Waals surface area contributed by atoms with Crippen molar-refractivity contribution in [1.29, 1.82) is 0 Å². The highest BCUT2D eigenvalue weighted by Crippen LogP contribution is 2.24. The second kappa shape index (κ2) is 5.43. The van der Waals surface area contributed by atoms with Crippen molar-refractivity contribution < 1.29 is 5.11 Å². The molecule has 2 rings (SSSR count). The molecule has 0 saturated carbocycles. The van der Waals surface area contributed by atoms with E-state index in [1.165, 1.54) is 5.56 Å². The van der Waals surface area contributed by atoms with Crippen molar-refractivity contribution >= 4 is 11.3 Å². The van der Waals surface area contributed by atoms with Gasteiger partial charge in [-0.15, -0.1) is 11.3 Å². The number of nitrogens with zero attached hydrogens (tertiary/aromatic N) is 1. The number of aliphatic hydroxyl groups excluding tert-OH is 1. The van der Waals surface area contributed by atoms with Crippen LogP contribution >= 0.6 is 11.3 Å². The molecule has 3 heteroatoms. The van der Waals surface area contributed by atoms with Gasteiger partial charge in [0.2, 0.25) is 0 Å². The Morgan fingerprint density at radius 2 is 1.94 bits per heavy atom. The fraction of sp³-hybridized carbons (Fsp3) is 0.357. The van der Waals surface area contributed by atoms with E-state index in [2.05, 4.69) is 48.5 Å². The smallest absolute Gasteiger partial charge is 0.0955 e. The Bertz CT molecular complexity index is 473. The van der Waals surface area contributed by atoms with E-state index in [1.54, 1.807) is 11.3 Å². The lowest BCUT2D eigenvalue weighted by Gasteiger charge is -2.05. The van der Waals surface area contributed by atoms with E-state index in [0.717, 1.165) is 16.3 Å². The summed E-state index contributed by atoms with van der Waals surface area (Å²) < 4.78 is 0. The highest BCUT2D eigenvalue weighted by atomic mass is 32.1. The van der Waals surface area contributed by atoms with E-state index in [-0.39, 0.29) is 6.61 Å². The number of aliphatic hydroxyl groups is 1. The number of aromatic nitrogens is 1. The van der Waals surface area contributed by atoms with Gasteiger partial charge in [-0.1, -0.05) is 38.1 Å². The van der Waals surface area contributed by atoms with Crippen molar-refractivity contribution in [1.82, 2.24) is 4.98 Å². The van der Waals surface area contributed by atoms with Crippen LogP contribution in [0.3, 0.4) is 0 Å². The number of thiazole rings is 1. The molecular weight excluding hydrogens is 230 g/mol. The van der Waals surface area contributed by atoms with Crippen LogP contribution in [-0.2, 0) is 6.42 Å². The lowest BCUT2D eigenvalue weighted by Crippen LogP contribution is -1.90. The maximum Gasteiger partial charge on any atom is 0.0955 e. The molecule has 2 nitrogen and oxygen atoms in total. The monoisotopic (exact) mass is 247 g/mol. The zero-order chi connectivity index (χ0) is 12.3. The van der Waals surface area contributed by atoms with Crippen molar-refractivity contribution in [3.05, 3.63) is 40.2 Å². The molecule has 1 N–H and O–H groups in total. The quantitative estimate of drug-likeness (QED) is 0.897. The van der Waals surface area contributed by atoms with Gasteiger partial charge in [0.05, 0.1) is 10.7 Å². The molecule has 0 saturated heterocycles. The first-order chi connectivity index (χ1) is 8.20. The summed E-state index contributed by atoms with van der Waals surface area (Å²) in [5.74, 6) is 0.560. The van der Waals surface area contributed by atoms with Crippen LogP contribution in [0, 0.1) is 0 Å². The Hall–Kier alpha value is -1.19. The highest BCUT2D eigenvalue weighted by Gasteiger charge is 2.05. The molecule has 1 aromatic carbocycles. The summed E-state index contributed by atoms with van der Waals surface area (Å²) in [4.78, 5) is 4.50. The first-order valence-electron chi connectivity index (χ1n) is 5.86. The number of hydrogen-bond donors (Lipinski definition) is 1. The highest BCUT2D eigenvalue weighted by molar-refractivity contribution is 7.09. The molecule has 0 fully saturated rings. The second-order valence-corrected chi connectivity index (χ2v) is 5.32. The van der Waals surface area contributed by atoms with Crippen molar-refractivity contribution in [2.24, 2.45) is 0 Å². The zero-order valence-corrected chi connectivity index (χ0v) is 11.0. The molecule has 0 aliphatic rings. The SMILES string of the molecule is CC(C)c1ccc(-c2csc(CCO)n2)cc1. The molecule has 0 aliphatic heterocycles. The fourth-order valence-electron chi connectivity index (χ4n) is 1.69.